The van der Waals surface area contributed by atoms with E-state index in [1.54, 1.807) is 0 Å². The summed E-state index contributed by atoms with van der Waals surface area (Å²) in [4.78, 5) is 11.1. The van der Waals surface area contributed by atoms with E-state index in [-0.39, 0.29) is 17.9 Å². The number of rotatable bonds is 5. The van der Waals surface area contributed by atoms with Crippen LogP contribution in [0, 0.1) is 0 Å². The van der Waals surface area contributed by atoms with Crippen LogP contribution in [0.1, 0.15) is 27.1 Å². The third kappa shape index (κ3) is 3.00. The Morgan fingerprint density at radius 2 is 2.07 bits per heavy atom. The molecule has 0 aromatic carbocycles. The SMILES string of the molecule is O=C(O)c1ccc(C(O)C(O)CCO)s1. The summed E-state index contributed by atoms with van der Waals surface area (Å²) < 4.78 is 0. The van der Waals surface area contributed by atoms with E-state index >= 15 is 0 Å². The van der Waals surface area contributed by atoms with Crippen molar-refractivity contribution in [3.05, 3.63) is 21.9 Å². The van der Waals surface area contributed by atoms with Crippen LogP contribution in [0.2, 0.25) is 0 Å². The van der Waals surface area contributed by atoms with Gasteiger partial charge >= 0.3 is 5.97 Å². The van der Waals surface area contributed by atoms with Gasteiger partial charge in [0.25, 0.3) is 0 Å². The molecular weight excluding hydrogens is 220 g/mol. The summed E-state index contributed by atoms with van der Waals surface area (Å²) in [7, 11) is 0. The Kier molecular flexibility index (Phi) is 4.22. The number of aromatic carboxylic acids is 1. The van der Waals surface area contributed by atoms with Crippen molar-refractivity contribution < 1.29 is 25.2 Å². The van der Waals surface area contributed by atoms with Gasteiger partial charge in [0.2, 0.25) is 0 Å². The van der Waals surface area contributed by atoms with Gasteiger partial charge in [-0.25, -0.2) is 4.79 Å². The maximum Gasteiger partial charge on any atom is 0.345 e. The third-order valence-electron chi connectivity index (χ3n) is 1.92. The monoisotopic (exact) mass is 232 g/mol. The van der Waals surface area contributed by atoms with E-state index in [1.165, 1.54) is 12.1 Å². The quantitative estimate of drug-likeness (QED) is 0.582. The second-order valence-corrected chi connectivity index (χ2v) is 4.15. The van der Waals surface area contributed by atoms with Gasteiger partial charge in [0, 0.05) is 11.5 Å². The highest BCUT2D eigenvalue weighted by Crippen LogP contribution is 2.26. The predicted octanol–water partition coefficient (Wildman–Crippen LogP) is 0.223. The molecule has 1 rings (SSSR count). The van der Waals surface area contributed by atoms with Crippen LogP contribution >= 0.6 is 11.3 Å². The lowest BCUT2D eigenvalue weighted by Gasteiger charge is -2.14. The van der Waals surface area contributed by atoms with Gasteiger partial charge in [0.15, 0.2) is 0 Å². The maximum atomic E-state index is 10.6. The molecular formula is C9H12O5S. The number of hydrogen-bond donors (Lipinski definition) is 4. The minimum atomic E-state index is -1.14. The fourth-order valence-electron chi connectivity index (χ4n) is 1.11. The van der Waals surface area contributed by atoms with E-state index in [9.17, 15) is 15.0 Å². The molecule has 0 amide bonds. The van der Waals surface area contributed by atoms with E-state index in [2.05, 4.69) is 0 Å². The van der Waals surface area contributed by atoms with Crippen LogP contribution in [0.4, 0.5) is 0 Å². The van der Waals surface area contributed by atoms with Gasteiger partial charge in [-0.1, -0.05) is 0 Å². The molecule has 2 unspecified atom stereocenters. The van der Waals surface area contributed by atoms with Gasteiger partial charge < -0.3 is 20.4 Å². The number of hydrogen-bond acceptors (Lipinski definition) is 5. The molecule has 0 saturated carbocycles. The minimum absolute atomic E-state index is 0.0570. The van der Waals surface area contributed by atoms with Gasteiger partial charge in [-0.2, -0.15) is 0 Å². The second-order valence-electron chi connectivity index (χ2n) is 3.03. The first kappa shape index (κ1) is 12.1. The number of carbonyl (C=O) groups is 1. The summed E-state index contributed by atoms with van der Waals surface area (Å²) in [5.41, 5.74) is 0. The highest BCUT2D eigenvalue weighted by molar-refractivity contribution is 7.14. The zero-order valence-electron chi connectivity index (χ0n) is 7.83. The molecule has 0 aliphatic rings. The average molecular weight is 232 g/mol. The summed E-state index contributed by atoms with van der Waals surface area (Å²) in [5, 5.41) is 36.2. The smallest absolute Gasteiger partial charge is 0.345 e. The first-order valence-corrected chi connectivity index (χ1v) is 5.18. The molecule has 1 heterocycles. The maximum absolute atomic E-state index is 10.6. The van der Waals surface area contributed by atoms with Gasteiger partial charge in [-0.3, -0.25) is 0 Å². The fraction of sp³-hybridized carbons (Fsp3) is 0.444. The molecule has 0 aliphatic carbocycles. The Bertz CT molecular complexity index is 335. The van der Waals surface area contributed by atoms with E-state index < -0.39 is 18.2 Å². The Morgan fingerprint density at radius 3 is 2.53 bits per heavy atom. The molecule has 2 atom stereocenters. The summed E-state index contributed by atoms with van der Waals surface area (Å²) in [6, 6.07) is 2.83. The van der Waals surface area contributed by atoms with E-state index in [4.69, 9.17) is 10.2 Å². The number of aliphatic hydroxyl groups excluding tert-OH is 3. The van der Waals surface area contributed by atoms with Crippen molar-refractivity contribution >= 4 is 17.3 Å². The van der Waals surface area contributed by atoms with Gasteiger partial charge in [0.1, 0.15) is 11.0 Å². The molecule has 0 saturated heterocycles. The molecule has 84 valence electrons. The Balaban J connectivity index is 2.73. The van der Waals surface area contributed by atoms with Crippen molar-refractivity contribution in [2.75, 3.05) is 6.61 Å². The van der Waals surface area contributed by atoms with Crippen LogP contribution in [0.25, 0.3) is 0 Å². The first-order valence-electron chi connectivity index (χ1n) is 4.36. The Hall–Kier alpha value is -0.950. The van der Waals surface area contributed by atoms with Gasteiger partial charge in [-0.15, -0.1) is 11.3 Å². The molecule has 6 heteroatoms. The van der Waals surface area contributed by atoms with Gasteiger partial charge in [0.05, 0.1) is 6.10 Å². The zero-order chi connectivity index (χ0) is 11.4. The standard InChI is InChI=1S/C9H12O5S/c10-4-3-5(11)8(12)6-1-2-7(15-6)9(13)14/h1-2,5,8,10-12H,3-4H2,(H,13,14). The van der Waals surface area contributed by atoms with Crippen LogP contribution in [0.3, 0.4) is 0 Å². The predicted molar refractivity (Wildman–Crippen MR) is 53.9 cm³/mol. The van der Waals surface area contributed by atoms with E-state index in [1.807, 2.05) is 0 Å². The summed E-state index contributed by atoms with van der Waals surface area (Å²) >= 11 is 0.912. The lowest BCUT2D eigenvalue weighted by molar-refractivity contribution is 0.00617. The molecule has 0 aliphatic heterocycles. The summed E-state index contributed by atoms with van der Waals surface area (Å²) in [5.74, 6) is -1.06. The summed E-state index contributed by atoms with van der Waals surface area (Å²) in [6.45, 7) is -0.227. The Morgan fingerprint density at radius 1 is 1.40 bits per heavy atom. The van der Waals surface area contributed by atoms with Crippen molar-refractivity contribution in [1.82, 2.24) is 0 Å². The number of carboxylic acid groups (broad SMARTS) is 1. The molecule has 5 nitrogen and oxygen atoms in total. The lowest BCUT2D eigenvalue weighted by Crippen LogP contribution is -2.18. The van der Waals surface area contributed by atoms with Crippen molar-refractivity contribution in [3.63, 3.8) is 0 Å². The average Bonchev–Trinajstić information content (AvgIpc) is 2.65. The van der Waals surface area contributed by atoms with E-state index in [0.717, 1.165) is 11.3 Å². The number of thiophene rings is 1. The first-order chi connectivity index (χ1) is 7.06. The minimum Gasteiger partial charge on any atom is -0.477 e. The molecule has 0 fully saturated rings. The summed E-state index contributed by atoms with van der Waals surface area (Å²) in [6.07, 6.45) is -2.16. The molecule has 0 bridgehead atoms. The largest absolute Gasteiger partial charge is 0.477 e. The van der Waals surface area contributed by atoms with Crippen molar-refractivity contribution in [2.24, 2.45) is 0 Å². The topological polar surface area (TPSA) is 98.0 Å². The lowest BCUT2D eigenvalue weighted by atomic mass is 10.1. The van der Waals surface area contributed by atoms with Crippen molar-refractivity contribution in [3.8, 4) is 0 Å². The molecule has 0 radical (unpaired) electrons. The van der Waals surface area contributed by atoms with E-state index in [0.29, 0.717) is 4.88 Å². The fourth-order valence-corrected chi connectivity index (χ4v) is 2.00. The molecule has 0 spiro atoms. The molecule has 1 aromatic heterocycles. The van der Waals surface area contributed by atoms with Crippen LogP contribution < -0.4 is 0 Å². The number of carboxylic acids is 1. The highest BCUT2D eigenvalue weighted by Gasteiger charge is 2.20. The van der Waals surface area contributed by atoms with Crippen molar-refractivity contribution in [1.29, 1.82) is 0 Å². The molecule has 1 aromatic rings. The second kappa shape index (κ2) is 5.22. The molecule has 4 N–H and O–H groups in total. The Labute approximate surface area is 90.2 Å². The van der Waals surface area contributed by atoms with Crippen LogP contribution in [0.15, 0.2) is 12.1 Å². The number of aliphatic hydroxyl groups is 3. The van der Waals surface area contributed by atoms with Crippen LogP contribution in [0.5, 0.6) is 0 Å². The normalized spacial score (nSPS) is 14.9. The van der Waals surface area contributed by atoms with Gasteiger partial charge in [-0.05, 0) is 18.6 Å². The van der Waals surface area contributed by atoms with Crippen LogP contribution in [-0.4, -0.2) is 39.1 Å². The molecule has 15 heavy (non-hydrogen) atoms. The van der Waals surface area contributed by atoms with Crippen molar-refractivity contribution in [2.45, 2.75) is 18.6 Å². The zero-order valence-corrected chi connectivity index (χ0v) is 8.65. The third-order valence-corrected chi connectivity index (χ3v) is 3.06. The highest BCUT2D eigenvalue weighted by atomic mass is 32.1. The van der Waals surface area contributed by atoms with Crippen LogP contribution in [-0.2, 0) is 0 Å².